The second-order valence-corrected chi connectivity index (χ2v) is 3.63. The average Bonchev–Trinajstić information content (AvgIpc) is 2.31. The van der Waals surface area contributed by atoms with E-state index in [9.17, 15) is 14.0 Å². The molecule has 5 nitrogen and oxygen atoms in total. The van der Waals surface area contributed by atoms with Crippen molar-refractivity contribution in [2.75, 3.05) is 11.9 Å². The van der Waals surface area contributed by atoms with Gasteiger partial charge in [-0.2, -0.15) is 0 Å². The number of carbonyl (C=O) groups excluding carboxylic acids is 1. The van der Waals surface area contributed by atoms with E-state index in [1.807, 2.05) is 0 Å². The molecule has 0 saturated carbocycles. The molecule has 1 rings (SSSR count). The number of rotatable bonds is 5. The summed E-state index contributed by atoms with van der Waals surface area (Å²) in [5.41, 5.74) is 0.189. The summed E-state index contributed by atoms with van der Waals surface area (Å²) in [6, 6.07) is 3.90. The lowest BCUT2D eigenvalue weighted by molar-refractivity contribution is -0.144. The summed E-state index contributed by atoms with van der Waals surface area (Å²) in [6.45, 7) is 3.31. The normalized spacial score (nSPS) is 11.7. The molecule has 0 radical (unpaired) electrons. The van der Waals surface area contributed by atoms with Crippen LogP contribution >= 0.6 is 0 Å². The Balaban J connectivity index is 2.77. The van der Waals surface area contributed by atoms with Gasteiger partial charge in [-0.25, -0.2) is 4.39 Å². The number of ether oxygens (including phenoxy) is 1. The summed E-state index contributed by atoms with van der Waals surface area (Å²) in [4.78, 5) is 22.0. The van der Waals surface area contributed by atoms with Crippen LogP contribution in [0.25, 0.3) is 0 Å². The zero-order chi connectivity index (χ0) is 13.7. The molecule has 0 aliphatic heterocycles. The van der Waals surface area contributed by atoms with Crippen molar-refractivity contribution < 1.29 is 23.8 Å². The fraction of sp³-hybridized carbons (Fsp3) is 0.333. The van der Waals surface area contributed by atoms with Gasteiger partial charge >= 0.3 is 5.97 Å². The molecule has 1 atom stereocenters. The highest BCUT2D eigenvalue weighted by Gasteiger charge is 2.20. The highest BCUT2D eigenvalue weighted by atomic mass is 19.1. The zero-order valence-electron chi connectivity index (χ0n) is 10.1. The van der Waals surface area contributed by atoms with Crippen molar-refractivity contribution in [3.8, 4) is 5.75 Å². The zero-order valence-corrected chi connectivity index (χ0v) is 10.1. The summed E-state index contributed by atoms with van der Waals surface area (Å²) in [7, 11) is 0. The Morgan fingerprint density at radius 2 is 2.17 bits per heavy atom. The average molecular weight is 255 g/mol. The van der Waals surface area contributed by atoms with Crippen LogP contribution in [0.3, 0.4) is 0 Å². The van der Waals surface area contributed by atoms with Crippen LogP contribution in [-0.2, 0) is 9.59 Å². The molecule has 0 aliphatic carbocycles. The number of amides is 1. The first kappa shape index (κ1) is 14.0. The van der Waals surface area contributed by atoms with Crippen LogP contribution in [0, 0.1) is 11.7 Å². The molecule has 98 valence electrons. The lowest BCUT2D eigenvalue weighted by Crippen LogP contribution is -2.26. The minimum atomic E-state index is -1.24. The lowest BCUT2D eigenvalue weighted by atomic mass is 10.1. The van der Waals surface area contributed by atoms with E-state index in [0.29, 0.717) is 6.61 Å². The summed E-state index contributed by atoms with van der Waals surface area (Å²) in [5, 5.41) is 11.0. The van der Waals surface area contributed by atoms with Crippen LogP contribution in [0.2, 0.25) is 0 Å². The van der Waals surface area contributed by atoms with Crippen LogP contribution in [-0.4, -0.2) is 23.6 Å². The number of nitrogens with one attached hydrogen (secondary N) is 1. The van der Waals surface area contributed by atoms with Crippen molar-refractivity contribution in [1.29, 1.82) is 0 Å². The van der Waals surface area contributed by atoms with Gasteiger partial charge in [-0.3, -0.25) is 9.59 Å². The van der Waals surface area contributed by atoms with Crippen molar-refractivity contribution in [2.45, 2.75) is 13.8 Å². The number of benzene rings is 1. The molecule has 0 heterocycles. The summed E-state index contributed by atoms with van der Waals surface area (Å²) < 4.78 is 18.5. The van der Waals surface area contributed by atoms with E-state index >= 15 is 0 Å². The number of hydrogen-bond acceptors (Lipinski definition) is 3. The van der Waals surface area contributed by atoms with E-state index < -0.39 is 23.6 Å². The van der Waals surface area contributed by atoms with Crippen molar-refractivity contribution >= 4 is 17.6 Å². The Morgan fingerprint density at radius 3 is 2.67 bits per heavy atom. The van der Waals surface area contributed by atoms with E-state index in [-0.39, 0.29) is 11.4 Å². The number of hydrogen-bond donors (Lipinski definition) is 2. The molecule has 1 unspecified atom stereocenters. The smallest absolute Gasteiger partial charge is 0.315 e. The Hall–Kier alpha value is -2.11. The number of carboxylic acids is 1. The topological polar surface area (TPSA) is 75.6 Å². The molecule has 0 aliphatic rings. The fourth-order valence-electron chi connectivity index (χ4n) is 1.21. The van der Waals surface area contributed by atoms with E-state index in [0.717, 1.165) is 6.07 Å². The van der Waals surface area contributed by atoms with Gasteiger partial charge in [0.05, 0.1) is 6.61 Å². The number of carboxylic acid groups (broad SMARTS) is 1. The van der Waals surface area contributed by atoms with Gasteiger partial charge in [0, 0.05) is 11.8 Å². The maximum atomic E-state index is 13.5. The lowest BCUT2D eigenvalue weighted by Gasteiger charge is -2.10. The van der Waals surface area contributed by atoms with E-state index in [1.54, 1.807) is 6.92 Å². The van der Waals surface area contributed by atoms with E-state index in [1.165, 1.54) is 19.1 Å². The second-order valence-electron chi connectivity index (χ2n) is 3.63. The van der Waals surface area contributed by atoms with Crippen LogP contribution in [0.5, 0.6) is 5.75 Å². The maximum absolute atomic E-state index is 13.5. The van der Waals surface area contributed by atoms with Gasteiger partial charge in [-0.15, -0.1) is 0 Å². The van der Waals surface area contributed by atoms with Gasteiger partial charge in [0.1, 0.15) is 5.92 Å². The van der Waals surface area contributed by atoms with Crippen molar-refractivity contribution in [3.63, 3.8) is 0 Å². The molecule has 0 saturated heterocycles. The predicted octanol–water partition coefficient (Wildman–Crippen LogP) is 1.88. The van der Waals surface area contributed by atoms with Gasteiger partial charge in [0.15, 0.2) is 11.6 Å². The summed E-state index contributed by atoms with van der Waals surface area (Å²) in [5.74, 6) is -3.66. The van der Waals surface area contributed by atoms with Crippen LogP contribution < -0.4 is 10.1 Å². The third-order valence-corrected chi connectivity index (χ3v) is 2.26. The molecule has 6 heteroatoms. The van der Waals surface area contributed by atoms with Crippen molar-refractivity contribution in [3.05, 3.63) is 24.0 Å². The van der Waals surface area contributed by atoms with Gasteiger partial charge in [-0.05, 0) is 26.0 Å². The Kier molecular flexibility index (Phi) is 4.65. The first-order chi connectivity index (χ1) is 8.45. The van der Waals surface area contributed by atoms with Crippen LogP contribution in [0.15, 0.2) is 18.2 Å². The maximum Gasteiger partial charge on any atom is 0.315 e. The Bertz CT molecular complexity index is 461. The largest absolute Gasteiger partial charge is 0.491 e. The standard InChI is InChI=1S/C12H14FNO4/c1-3-18-10-5-4-8(6-9(10)13)14-11(15)7(2)12(16)17/h4-7H,3H2,1-2H3,(H,14,15)(H,16,17). The molecular weight excluding hydrogens is 241 g/mol. The van der Waals surface area contributed by atoms with Gasteiger partial charge in [0.2, 0.25) is 5.91 Å². The summed E-state index contributed by atoms with van der Waals surface area (Å²) >= 11 is 0. The first-order valence-corrected chi connectivity index (χ1v) is 5.41. The summed E-state index contributed by atoms with van der Waals surface area (Å²) in [6.07, 6.45) is 0. The number of aliphatic carboxylic acids is 1. The van der Waals surface area contributed by atoms with Gasteiger partial charge in [0.25, 0.3) is 0 Å². The molecule has 2 N–H and O–H groups in total. The van der Waals surface area contributed by atoms with Gasteiger partial charge in [-0.1, -0.05) is 0 Å². The quantitative estimate of drug-likeness (QED) is 0.788. The predicted molar refractivity (Wildman–Crippen MR) is 63.0 cm³/mol. The van der Waals surface area contributed by atoms with Crippen LogP contribution in [0.1, 0.15) is 13.8 Å². The first-order valence-electron chi connectivity index (χ1n) is 5.41. The minimum absolute atomic E-state index is 0.0850. The van der Waals surface area contributed by atoms with Crippen LogP contribution in [0.4, 0.5) is 10.1 Å². The van der Waals surface area contributed by atoms with Gasteiger partial charge < -0.3 is 15.2 Å². The molecule has 0 aromatic heterocycles. The fourth-order valence-corrected chi connectivity index (χ4v) is 1.21. The highest BCUT2D eigenvalue weighted by Crippen LogP contribution is 2.21. The highest BCUT2D eigenvalue weighted by molar-refractivity contribution is 6.03. The Morgan fingerprint density at radius 1 is 1.50 bits per heavy atom. The van der Waals surface area contributed by atoms with Crippen molar-refractivity contribution in [1.82, 2.24) is 0 Å². The molecule has 0 fully saturated rings. The third-order valence-electron chi connectivity index (χ3n) is 2.26. The monoisotopic (exact) mass is 255 g/mol. The minimum Gasteiger partial charge on any atom is -0.491 e. The number of carbonyl (C=O) groups is 2. The molecule has 1 amide bonds. The molecule has 0 spiro atoms. The number of anilines is 1. The van der Waals surface area contributed by atoms with Crippen molar-refractivity contribution in [2.24, 2.45) is 5.92 Å². The number of halogens is 1. The van der Waals surface area contributed by atoms with E-state index in [4.69, 9.17) is 9.84 Å². The SMILES string of the molecule is CCOc1ccc(NC(=O)C(C)C(=O)O)cc1F. The molecule has 1 aromatic rings. The molecular formula is C12H14FNO4. The second kappa shape index (κ2) is 6.00. The molecule has 0 bridgehead atoms. The Labute approximate surface area is 104 Å². The third kappa shape index (κ3) is 3.44. The molecule has 1 aromatic carbocycles. The van der Waals surface area contributed by atoms with E-state index in [2.05, 4.69) is 5.32 Å². The molecule has 18 heavy (non-hydrogen) atoms.